The maximum Gasteiger partial charge on any atom is 0.264 e. The van der Waals surface area contributed by atoms with E-state index in [0.29, 0.717) is 17.1 Å². The SMILES string of the molecule is Cc1ccc(S(=O)(=O)N(CC(=O)N(Cc2ccc(Cl)cc2)C(Cc2ccccc2)C(=O)NCC(C)C)c2cc(Cl)cc(Cl)c2)cc1. The first-order valence-electron chi connectivity index (χ1n) is 14.7. The largest absolute Gasteiger partial charge is 0.354 e. The number of aryl methyl sites for hydroxylation is 1. The maximum atomic E-state index is 14.5. The lowest BCUT2D eigenvalue weighted by atomic mass is 10.0. The fourth-order valence-electron chi connectivity index (χ4n) is 4.81. The number of nitrogens with one attached hydrogen (secondary N) is 1. The number of carbonyl (C=O) groups is 2. The predicted octanol–water partition coefficient (Wildman–Crippen LogP) is 7.56. The van der Waals surface area contributed by atoms with Crippen molar-refractivity contribution in [3.8, 4) is 0 Å². The molecule has 2 amide bonds. The Morgan fingerprint density at radius 2 is 1.39 bits per heavy atom. The number of amides is 2. The minimum absolute atomic E-state index is 0.0123. The van der Waals surface area contributed by atoms with Crippen LogP contribution in [0, 0.1) is 12.8 Å². The third-order valence-corrected chi connectivity index (χ3v) is 9.72. The Balaban J connectivity index is 1.82. The van der Waals surface area contributed by atoms with E-state index in [1.165, 1.54) is 35.2 Å². The molecular formula is C35H36Cl3N3O4S. The molecule has 1 N–H and O–H groups in total. The second-order valence-electron chi connectivity index (χ2n) is 11.4. The Morgan fingerprint density at radius 3 is 1.98 bits per heavy atom. The van der Waals surface area contributed by atoms with E-state index in [9.17, 15) is 18.0 Å². The Kier molecular flexibility index (Phi) is 12.1. The van der Waals surface area contributed by atoms with E-state index in [-0.39, 0.29) is 45.4 Å². The van der Waals surface area contributed by atoms with Crippen LogP contribution < -0.4 is 9.62 Å². The molecule has 4 rings (SSSR count). The molecule has 1 atom stereocenters. The number of rotatable bonds is 13. The molecule has 46 heavy (non-hydrogen) atoms. The molecule has 0 aromatic heterocycles. The Morgan fingerprint density at radius 1 is 0.783 bits per heavy atom. The summed E-state index contributed by atoms with van der Waals surface area (Å²) in [5, 5.41) is 3.89. The van der Waals surface area contributed by atoms with Crippen molar-refractivity contribution in [2.75, 3.05) is 17.4 Å². The van der Waals surface area contributed by atoms with E-state index in [1.807, 2.05) is 51.1 Å². The summed E-state index contributed by atoms with van der Waals surface area (Å²) in [5.74, 6) is -0.773. The summed E-state index contributed by atoms with van der Waals surface area (Å²) in [5.41, 5.74) is 2.54. The van der Waals surface area contributed by atoms with E-state index in [4.69, 9.17) is 34.8 Å². The number of benzene rings is 4. The van der Waals surface area contributed by atoms with Crippen LogP contribution in [0.5, 0.6) is 0 Å². The van der Waals surface area contributed by atoms with Gasteiger partial charge in [0.25, 0.3) is 10.0 Å². The minimum atomic E-state index is -4.29. The first-order chi connectivity index (χ1) is 21.8. The number of sulfonamides is 1. The van der Waals surface area contributed by atoms with Crippen LogP contribution >= 0.6 is 34.8 Å². The second-order valence-corrected chi connectivity index (χ2v) is 14.6. The summed E-state index contributed by atoms with van der Waals surface area (Å²) in [6, 6.07) is 26.0. The van der Waals surface area contributed by atoms with Crippen LogP contribution in [0.2, 0.25) is 15.1 Å². The van der Waals surface area contributed by atoms with E-state index in [2.05, 4.69) is 5.32 Å². The molecule has 0 fully saturated rings. The van der Waals surface area contributed by atoms with Crippen LogP contribution in [-0.2, 0) is 32.6 Å². The van der Waals surface area contributed by atoms with Crippen molar-refractivity contribution < 1.29 is 18.0 Å². The quantitative estimate of drug-likeness (QED) is 0.156. The van der Waals surface area contributed by atoms with Gasteiger partial charge in [-0.2, -0.15) is 0 Å². The van der Waals surface area contributed by atoms with Crippen molar-refractivity contribution in [2.24, 2.45) is 5.92 Å². The zero-order valence-corrected chi connectivity index (χ0v) is 28.9. The Hall–Kier alpha value is -3.56. The number of carbonyl (C=O) groups excluding carboxylic acids is 2. The van der Waals surface area contributed by atoms with Gasteiger partial charge in [0.2, 0.25) is 11.8 Å². The van der Waals surface area contributed by atoms with Gasteiger partial charge in [0, 0.05) is 34.6 Å². The fourth-order valence-corrected chi connectivity index (χ4v) is 6.85. The molecular weight excluding hydrogens is 665 g/mol. The highest BCUT2D eigenvalue weighted by molar-refractivity contribution is 7.92. The van der Waals surface area contributed by atoms with Crippen LogP contribution in [0.15, 0.2) is 102 Å². The predicted molar refractivity (Wildman–Crippen MR) is 186 cm³/mol. The summed E-state index contributed by atoms with van der Waals surface area (Å²) in [6.45, 7) is 5.61. The molecule has 0 saturated heterocycles. The molecule has 0 aliphatic carbocycles. The standard InChI is InChI=1S/C35H36Cl3N3O4S/c1-24(2)21-39-35(43)33(17-26-7-5-4-6-8-26)40(22-27-11-13-28(36)14-12-27)34(42)23-41(31-19-29(37)18-30(38)20-31)46(44,45)32-15-9-25(3)10-16-32/h4-16,18-20,24,33H,17,21-23H2,1-3H3,(H,39,43). The third-order valence-electron chi connectivity index (χ3n) is 7.24. The van der Waals surface area contributed by atoms with E-state index in [0.717, 1.165) is 15.4 Å². The van der Waals surface area contributed by atoms with Crippen LogP contribution in [0.3, 0.4) is 0 Å². The molecule has 0 spiro atoms. The van der Waals surface area contributed by atoms with Crippen molar-refractivity contribution >= 4 is 62.3 Å². The summed E-state index contributed by atoms with van der Waals surface area (Å²) in [4.78, 5) is 29.8. The number of hydrogen-bond donors (Lipinski definition) is 1. The van der Waals surface area contributed by atoms with Crippen molar-refractivity contribution in [1.82, 2.24) is 10.2 Å². The number of anilines is 1. The van der Waals surface area contributed by atoms with Gasteiger partial charge in [-0.25, -0.2) is 8.42 Å². The minimum Gasteiger partial charge on any atom is -0.354 e. The fraction of sp³-hybridized carbons (Fsp3) is 0.257. The van der Waals surface area contributed by atoms with E-state index < -0.39 is 28.5 Å². The molecule has 0 saturated carbocycles. The van der Waals surface area contributed by atoms with Crippen molar-refractivity contribution in [3.63, 3.8) is 0 Å². The smallest absolute Gasteiger partial charge is 0.264 e. The molecule has 7 nitrogen and oxygen atoms in total. The average Bonchev–Trinajstić information content (AvgIpc) is 3.01. The monoisotopic (exact) mass is 699 g/mol. The maximum absolute atomic E-state index is 14.5. The molecule has 0 aliphatic heterocycles. The van der Waals surface area contributed by atoms with Gasteiger partial charge in [-0.05, 0) is 66.4 Å². The van der Waals surface area contributed by atoms with Gasteiger partial charge in [0.15, 0.2) is 0 Å². The number of hydrogen-bond acceptors (Lipinski definition) is 4. The molecule has 0 bridgehead atoms. The molecule has 0 heterocycles. The van der Waals surface area contributed by atoms with E-state index in [1.54, 1.807) is 36.4 Å². The van der Waals surface area contributed by atoms with Gasteiger partial charge in [-0.1, -0.05) is 109 Å². The van der Waals surface area contributed by atoms with Gasteiger partial charge < -0.3 is 10.2 Å². The van der Waals surface area contributed by atoms with Crippen molar-refractivity contribution in [3.05, 3.63) is 129 Å². The normalized spacial score (nSPS) is 12.1. The lowest BCUT2D eigenvalue weighted by Gasteiger charge is -2.34. The first-order valence-corrected chi connectivity index (χ1v) is 17.3. The first kappa shape index (κ1) is 35.3. The molecule has 4 aromatic rings. The van der Waals surface area contributed by atoms with Gasteiger partial charge in [0.1, 0.15) is 12.6 Å². The van der Waals surface area contributed by atoms with Crippen molar-refractivity contribution in [2.45, 2.75) is 44.7 Å². The summed E-state index contributed by atoms with van der Waals surface area (Å²) < 4.78 is 29.3. The molecule has 1 unspecified atom stereocenters. The molecule has 242 valence electrons. The van der Waals surface area contributed by atoms with Crippen LogP contribution in [-0.4, -0.2) is 44.3 Å². The second kappa shape index (κ2) is 15.8. The van der Waals surface area contributed by atoms with Gasteiger partial charge in [0.05, 0.1) is 10.6 Å². The highest BCUT2D eigenvalue weighted by Gasteiger charge is 2.35. The third kappa shape index (κ3) is 9.48. The van der Waals surface area contributed by atoms with Gasteiger partial charge in [-0.15, -0.1) is 0 Å². The Labute approximate surface area is 286 Å². The lowest BCUT2D eigenvalue weighted by molar-refractivity contribution is -0.140. The molecule has 4 aromatic carbocycles. The highest BCUT2D eigenvalue weighted by Crippen LogP contribution is 2.30. The van der Waals surface area contributed by atoms with Gasteiger partial charge >= 0.3 is 0 Å². The van der Waals surface area contributed by atoms with Crippen LogP contribution in [0.4, 0.5) is 5.69 Å². The van der Waals surface area contributed by atoms with Crippen LogP contribution in [0.1, 0.15) is 30.5 Å². The van der Waals surface area contributed by atoms with Crippen LogP contribution in [0.25, 0.3) is 0 Å². The zero-order chi connectivity index (χ0) is 33.4. The highest BCUT2D eigenvalue weighted by atomic mass is 35.5. The average molecular weight is 701 g/mol. The summed E-state index contributed by atoms with van der Waals surface area (Å²) in [6.07, 6.45) is 0.206. The molecule has 0 radical (unpaired) electrons. The summed E-state index contributed by atoms with van der Waals surface area (Å²) in [7, 11) is -4.29. The Bertz CT molecular complexity index is 1730. The topological polar surface area (TPSA) is 86.8 Å². The number of halogens is 3. The lowest BCUT2D eigenvalue weighted by Crippen LogP contribution is -2.53. The van der Waals surface area contributed by atoms with Gasteiger partial charge in [-0.3, -0.25) is 13.9 Å². The summed E-state index contributed by atoms with van der Waals surface area (Å²) >= 11 is 18.8. The zero-order valence-electron chi connectivity index (χ0n) is 25.8. The molecule has 0 aliphatic rings. The van der Waals surface area contributed by atoms with Crippen molar-refractivity contribution in [1.29, 1.82) is 0 Å². The molecule has 11 heteroatoms. The van der Waals surface area contributed by atoms with E-state index >= 15 is 0 Å². The number of nitrogens with zero attached hydrogens (tertiary/aromatic N) is 2.